The van der Waals surface area contributed by atoms with Crippen molar-refractivity contribution >= 4 is 17.5 Å². The minimum atomic E-state index is 0.0441. The molecule has 6 heteroatoms. The topological polar surface area (TPSA) is 58.3 Å². The average Bonchev–Trinajstić information content (AvgIpc) is 2.93. The lowest BCUT2D eigenvalue weighted by molar-refractivity contribution is -0.897. The lowest BCUT2D eigenvalue weighted by atomic mass is 10.2. The summed E-state index contributed by atoms with van der Waals surface area (Å²) < 4.78 is 0. The second-order valence-electron chi connectivity index (χ2n) is 8.06. The van der Waals surface area contributed by atoms with Crippen molar-refractivity contribution in [3.8, 4) is 0 Å². The number of piperazine rings is 1. The SMILES string of the molecule is Cc1ccc(NC(=O)C[NH+]2CCN(C(=O)C[NH+]3CCCCCC3)CC2)cc1. The Kier molecular flexibility index (Phi) is 7.24. The van der Waals surface area contributed by atoms with Crippen LogP contribution < -0.4 is 15.1 Å². The number of amides is 2. The first-order valence-corrected chi connectivity index (χ1v) is 10.4. The first-order valence-electron chi connectivity index (χ1n) is 10.4. The highest BCUT2D eigenvalue weighted by Crippen LogP contribution is 2.07. The number of carbonyl (C=O) groups excluding carboxylic acids is 2. The van der Waals surface area contributed by atoms with Gasteiger partial charge in [-0.05, 0) is 44.7 Å². The van der Waals surface area contributed by atoms with E-state index in [-0.39, 0.29) is 11.8 Å². The third-order valence-corrected chi connectivity index (χ3v) is 5.78. The standard InChI is InChI=1S/C21H32N4O2/c1-18-6-8-19(9-7-18)22-20(26)16-24-12-14-25(15-13-24)21(27)17-23-10-4-2-3-5-11-23/h6-9H,2-5,10-17H2,1H3,(H,22,26)/p+2. The molecule has 2 heterocycles. The molecule has 3 N–H and O–H groups in total. The fourth-order valence-corrected chi connectivity index (χ4v) is 4.05. The lowest BCUT2D eigenvalue weighted by Gasteiger charge is -2.32. The molecule has 2 aliphatic heterocycles. The third-order valence-electron chi connectivity index (χ3n) is 5.78. The molecule has 0 aliphatic carbocycles. The van der Waals surface area contributed by atoms with Crippen molar-refractivity contribution in [2.75, 3.05) is 57.7 Å². The summed E-state index contributed by atoms with van der Waals surface area (Å²) >= 11 is 0. The van der Waals surface area contributed by atoms with Crippen LogP contribution >= 0.6 is 0 Å². The number of rotatable bonds is 5. The normalized spacial score (nSPS) is 19.5. The highest BCUT2D eigenvalue weighted by Gasteiger charge is 2.27. The van der Waals surface area contributed by atoms with Crippen LogP contribution in [0.3, 0.4) is 0 Å². The molecule has 6 nitrogen and oxygen atoms in total. The van der Waals surface area contributed by atoms with E-state index in [0.717, 1.165) is 45.0 Å². The molecule has 0 radical (unpaired) electrons. The monoisotopic (exact) mass is 374 g/mol. The van der Waals surface area contributed by atoms with Gasteiger partial charge in [0.25, 0.3) is 11.8 Å². The van der Waals surface area contributed by atoms with Crippen LogP contribution in [0.1, 0.15) is 31.2 Å². The van der Waals surface area contributed by atoms with Crippen LogP contribution in [-0.2, 0) is 9.59 Å². The zero-order valence-corrected chi connectivity index (χ0v) is 16.6. The van der Waals surface area contributed by atoms with Gasteiger partial charge in [0.15, 0.2) is 13.1 Å². The molecule has 0 spiro atoms. The van der Waals surface area contributed by atoms with Crippen molar-refractivity contribution in [2.24, 2.45) is 0 Å². The van der Waals surface area contributed by atoms with E-state index in [4.69, 9.17) is 0 Å². The van der Waals surface area contributed by atoms with E-state index < -0.39 is 0 Å². The zero-order chi connectivity index (χ0) is 19.1. The number of anilines is 1. The van der Waals surface area contributed by atoms with Crippen LogP contribution in [0.4, 0.5) is 5.69 Å². The molecule has 0 unspecified atom stereocenters. The Bertz CT molecular complexity index is 616. The molecule has 3 rings (SSSR count). The number of quaternary nitrogens is 2. The Morgan fingerprint density at radius 2 is 1.48 bits per heavy atom. The molecule has 2 saturated heterocycles. The van der Waals surface area contributed by atoms with E-state index in [1.165, 1.54) is 41.0 Å². The highest BCUT2D eigenvalue weighted by atomic mass is 16.2. The minimum absolute atomic E-state index is 0.0441. The number of benzene rings is 1. The number of hydrogen-bond acceptors (Lipinski definition) is 2. The van der Waals surface area contributed by atoms with Crippen molar-refractivity contribution in [1.82, 2.24) is 4.90 Å². The fraction of sp³-hybridized carbons (Fsp3) is 0.619. The molecule has 0 atom stereocenters. The van der Waals surface area contributed by atoms with Gasteiger partial charge in [0.2, 0.25) is 0 Å². The zero-order valence-electron chi connectivity index (χ0n) is 16.6. The van der Waals surface area contributed by atoms with Crippen LogP contribution in [0.5, 0.6) is 0 Å². The molecule has 2 amide bonds. The Balaban J connectivity index is 1.38. The molecular formula is C21H34N4O2+2. The molecule has 2 aliphatic rings. The number of nitrogens with one attached hydrogen (secondary N) is 3. The molecule has 148 valence electrons. The Morgan fingerprint density at radius 1 is 0.889 bits per heavy atom. The Labute approximate surface area is 162 Å². The van der Waals surface area contributed by atoms with Gasteiger partial charge < -0.3 is 20.0 Å². The van der Waals surface area contributed by atoms with E-state index in [9.17, 15) is 9.59 Å². The van der Waals surface area contributed by atoms with Crippen LogP contribution in [-0.4, -0.2) is 69.1 Å². The van der Waals surface area contributed by atoms with Gasteiger partial charge in [-0.2, -0.15) is 0 Å². The number of likely N-dealkylation sites (tertiary alicyclic amines) is 1. The number of nitrogens with zero attached hydrogens (tertiary/aromatic N) is 1. The van der Waals surface area contributed by atoms with Crippen molar-refractivity contribution in [3.05, 3.63) is 29.8 Å². The van der Waals surface area contributed by atoms with Gasteiger partial charge in [-0.1, -0.05) is 17.7 Å². The molecule has 0 aromatic heterocycles. The van der Waals surface area contributed by atoms with Gasteiger partial charge in [0, 0.05) is 5.69 Å². The maximum Gasteiger partial charge on any atom is 0.279 e. The third kappa shape index (κ3) is 6.33. The largest absolute Gasteiger partial charge is 0.327 e. The summed E-state index contributed by atoms with van der Waals surface area (Å²) in [5.74, 6) is 0.331. The summed E-state index contributed by atoms with van der Waals surface area (Å²) in [5.41, 5.74) is 2.03. The van der Waals surface area contributed by atoms with Gasteiger partial charge in [-0.15, -0.1) is 0 Å². The number of hydrogen-bond donors (Lipinski definition) is 3. The van der Waals surface area contributed by atoms with Gasteiger partial charge >= 0.3 is 0 Å². The lowest BCUT2D eigenvalue weighted by Crippen LogP contribution is -3.16. The van der Waals surface area contributed by atoms with Crippen molar-refractivity contribution in [1.29, 1.82) is 0 Å². The second-order valence-corrected chi connectivity index (χ2v) is 8.06. The quantitative estimate of drug-likeness (QED) is 0.627. The molecule has 0 saturated carbocycles. The number of aryl methyl sites for hydroxylation is 1. The molecule has 1 aromatic carbocycles. The molecular weight excluding hydrogens is 340 g/mol. The van der Waals surface area contributed by atoms with E-state index in [1.54, 1.807) is 0 Å². The van der Waals surface area contributed by atoms with Gasteiger partial charge in [0.1, 0.15) is 0 Å². The van der Waals surface area contributed by atoms with Gasteiger partial charge in [0.05, 0.1) is 39.3 Å². The van der Waals surface area contributed by atoms with Crippen LogP contribution in [0.15, 0.2) is 24.3 Å². The summed E-state index contributed by atoms with van der Waals surface area (Å²) in [6, 6.07) is 7.87. The maximum absolute atomic E-state index is 12.6. The smallest absolute Gasteiger partial charge is 0.279 e. The molecule has 1 aromatic rings. The van der Waals surface area contributed by atoms with Gasteiger partial charge in [-0.3, -0.25) is 9.59 Å². The molecule has 0 bridgehead atoms. The van der Waals surface area contributed by atoms with Crippen LogP contribution in [0.2, 0.25) is 0 Å². The summed E-state index contributed by atoms with van der Waals surface area (Å²) in [6.07, 6.45) is 5.11. The molecule has 2 fully saturated rings. The first-order chi connectivity index (χ1) is 13.1. The van der Waals surface area contributed by atoms with Crippen LogP contribution in [0, 0.1) is 6.92 Å². The number of carbonyl (C=O) groups is 2. The van der Waals surface area contributed by atoms with Crippen LogP contribution in [0.25, 0.3) is 0 Å². The summed E-state index contributed by atoms with van der Waals surface area (Å²) in [6.45, 7) is 8.64. The van der Waals surface area contributed by atoms with E-state index in [2.05, 4.69) is 5.32 Å². The van der Waals surface area contributed by atoms with E-state index in [1.807, 2.05) is 36.1 Å². The van der Waals surface area contributed by atoms with Gasteiger partial charge in [-0.25, -0.2) is 0 Å². The summed E-state index contributed by atoms with van der Waals surface area (Å²) in [4.78, 5) is 29.6. The Hall–Kier alpha value is -1.92. The summed E-state index contributed by atoms with van der Waals surface area (Å²) in [7, 11) is 0. The molecule has 27 heavy (non-hydrogen) atoms. The first kappa shape index (κ1) is 19.8. The average molecular weight is 375 g/mol. The fourth-order valence-electron chi connectivity index (χ4n) is 4.05. The van der Waals surface area contributed by atoms with Crippen molar-refractivity contribution in [3.63, 3.8) is 0 Å². The van der Waals surface area contributed by atoms with E-state index >= 15 is 0 Å². The highest BCUT2D eigenvalue weighted by molar-refractivity contribution is 5.91. The Morgan fingerprint density at radius 3 is 2.11 bits per heavy atom. The summed E-state index contributed by atoms with van der Waals surface area (Å²) in [5, 5.41) is 2.97. The predicted molar refractivity (Wildman–Crippen MR) is 106 cm³/mol. The predicted octanol–water partition coefficient (Wildman–Crippen LogP) is -0.880. The minimum Gasteiger partial charge on any atom is -0.327 e. The van der Waals surface area contributed by atoms with Crippen molar-refractivity contribution < 1.29 is 19.4 Å². The second kappa shape index (κ2) is 9.85. The van der Waals surface area contributed by atoms with Crippen molar-refractivity contribution in [2.45, 2.75) is 32.6 Å². The van der Waals surface area contributed by atoms with E-state index in [0.29, 0.717) is 13.1 Å². The maximum atomic E-state index is 12.6.